The minimum atomic E-state index is 0.0133. The molecule has 1 aliphatic heterocycles. The SMILES string of the molecule is CNc1nc(Cl)nc(NC2COc3ccccc32)n1. The van der Waals surface area contributed by atoms with Crippen LogP contribution in [0.1, 0.15) is 11.6 Å². The van der Waals surface area contributed by atoms with Crippen molar-refractivity contribution in [2.75, 3.05) is 24.3 Å². The van der Waals surface area contributed by atoms with Gasteiger partial charge in [0.05, 0.1) is 6.04 Å². The van der Waals surface area contributed by atoms with Gasteiger partial charge in [-0.25, -0.2) is 0 Å². The molecule has 1 unspecified atom stereocenters. The maximum Gasteiger partial charge on any atom is 0.229 e. The van der Waals surface area contributed by atoms with E-state index in [1.807, 2.05) is 24.3 Å². The lowest BCUT2D eigenvalue weighted by atomic mass is 10.1. The number of nitrogens with one attached hydrogen (secondary N) is 2. The predicted octanol–water partition coefficient (Wildman–Crippen LogP) is 2.11. The molecule has 19 heavy (non-hydrogen) atoms. The average Bonchev–Trinajstić information content (AvgIpc) is 2.82. The Bertz CT molecular complexity index is 606. The number of nitrogens with zero attached hydrogens (tertiary/aromatic N) is 3. The zero-order chi connectivity index (χ0) is 13.2. The van der Waals surface area contributed by atoms with E-state index in [-0.39, 0.29) is 11.3 Å². The monoisotopic (exact) mass is 277 g/mol. The molecule has 0 fully saturated rings. The second-order valence-electron chi connectivity index (χ2n) is 4.05. The van der Waals surface area contributed by atoms with E-state index in [0.717, 1.165) is 11.3 Å². The Balaban J connectivity index is 1.85. The fourth-order valence-corrected chi connectivity index (χ4v) is 2.12. The summed E-state index contributed by atoms with van der Waals surface area (Å²) in [5.41, 5.74) is 1.09. The van der Waals surface area contributed by atoms with Gasteiger partial charge >= 0.3 is 0 Å². The van der Waals surface area contributed by atoms with Crippen molar-refractivity contribution >= 4 is 23.5 Å². The Labute approximate surface area is 115 Å². The maximum atomic E-state index is 5.84. The lowest BCUT2D eigenvalue weighted by Crippen LogP contribution is -2.15. The van der Waals surface area contributed by atoms with Crippen LogP contribution in [0.2, 0.25) is 5.28 Å². The van der Waals surface area contributed by atoms with Gasteiger partial charge in [0.2, 0.25) is 17.2 Å². The fraction of sp³-hybridized carbons (Fsp3) is 0.250. The van der Waals surface area contributed by atoms with Crippen molar-refractivity contribution in [3.05, 3.63) is 35.1 Å². The summed E-state index contributed by atoms with van der Waals surface area (Å²) >= 11 is 5.84. The molecule has 1 aromatic carbocycles. The Morgan fingerprint density at radius 3 is 2.84 bits per heavy atom. The van der Waals surface area contributed by atoms with Crippen molar-refractivity contribution in [2.45, 2.75) is 6.04 Å². The van der Waals surface area contributed by atoms with Crippen LogP contribution in [0, 0.1) is 0 Å². The minimum absolute atomic E-state index is 0.0133. The van der Waals surface area contributed by atoms with Gasteiger partial charge in [-0.2, -0.15) is 15.0 Å². The Morgan fingerprint density at radius 2 is 2.00 bits per heavy atom. The number of rotatable bonds is 3. The molecule has 6 nitrogen and oxygen atoms in total. The van der Waals surface area contributed by atoms with E-state index < -0.39 is 0 Å². The van der Waals surface area contributed by atoms with Gasteiger partial charge in [-0.15, -0.1) is 0 Å². The summed E-state index contributed by atoms with van der Waals surface area (Å²) in [7, 11) is 1.73. The molecule has 1 aromatic heterocycles. The number of anilines is 2. The summed E-state index contributed by atoms with van der Waals surface area (Å²) in [6.07, 6.45) is 0. The van der Waals surface area contributed by atoms with Crippen LogP contribution in [-0.2, 0) is 0 Å². The molecule has 0 saturated heterocycles. The third-order valence-corrected chi connectivity index (χ3v) is 3.00. The Morgan fingerprint density at radius 1 is 1.21 bits per heavy atom. The number of fused-ring (bicyclic) bond motifs is 1. The van der Waals surface area contributed by atoms with Crippen LogP contribution < -0.4 is 15.4 Å². The zero-order valence-electron chi connectivity index (χ0n) is 10.2. The minimum Gasteiger partial charge on any atom is -0.491 e. The number of hydrogen-bond acceptors (Lipinski definition) is 6. The first-order valence-electron chi connectivity index (χ1n) is 5.84. The molecule has 98 valence electrons. The number of halogens is 1. The first kappa shape index (κ1) is 12.0. The van der Waals surface area contributed by atoms with Gasteiger partial charge in [-0.05, 0) is 17.7 Å². The van der Waals surface area contributed by atoms with Crippen LogP contribution in [0.3, 0.4) is 0 Å². The topological polar surface area (TPSA) is 72.0 Å². The molecule has 2 N–H and O–H groups in total. The van der Waals surface area contributed by atoms with Crippen LogP contribution in [0.4, 0.5) is 11.9 Å². The number of para-hydroxylation sites is 1. The molecule has 1 aliphatic rings. The van der Waals surface area contributed by atoms with Crippen LogP contribution in [-0.4, -0.2) is 28.6 Å². The first-order valence-corrected chi connectivity index (χ1v) is 6.21. The molecule has 2 aromatic rings. The third kappa shape index (κ3) is 2.39. The molecular formula is C12H12ClN5O. The lowest BCUT2D eigenvalue weighted by Gasteiger charge is -2.12. The van der Waals surface area contributed by atoms with E-state index >= 15 is 0 Å². The van der Waals surface area contributed by atoms with E-state index in [1.54, 1.807) is 7.05 Å². The van der Waals surface area contributed by atoms with Gasteiger partial charge in [-0.3, -0.25) is 0 Å². The Kier molecular flexibility index (Phi) is 3.08. The standard InChI is InChI=1S/C12H12ClN5O/c1-14-11-16-10(13)17-12(18-11)15-8-6-19-9-5-3-2-4-7(8)9/h2-5,8H,6H2,1H3,(H2,14,15,16,17,18). The van der Waals surface area contributed by atoms with Crippen LogP contribution in [0.15, 0.2) is 24.3 Å². The second-order valence-corrected chi connectivity index (χ2v) is 4.39. The molecule has 2 heterocycles. The van der Waals surface area contributed by atoms with Crippen molar-refractivity contribution in [1.29, 1.82) is 0 Å². The van der Waals surface area contributed by atoms with E-state index in [1.165, 1.54) is 0 Å². The second kappa shape index (κ2) is 4.89. The van der Waals surface area contributed by atoms with Gasteiger partial charge in [0.1, 0.15) is 12.4 Å². The van der Waals surface area contributed by atoms with Crippen molar-refractivity contribution in [2.24, 2.45) is 0 Å². The third-order valence-electron chi connectivity index (χ3n) is 2.83. The van der Waals surface area contributed by atoms with Gasteiger partial charge in [0.15, 0.2) is 0 Å². The van der Waals surface area contributed by atoms with E-state index in [9.17, 15) is 0 Å². The largest absolute Gasteiger partial charge is 0.491 e. The normalized spacial score (nSPS) is 16.6. The van der Waals surface area contributed by atoms with Crippen molar-refractivity contribution < 1.29 is 4.74 Å². The highest BCUT2D eigenvalue weighted by atomic mass is 35.5. The average molecular weight is 278 g/mol. The fourth-order valence-electron chi connectivity index (χ4n) is 1.96. The van der Waals surface area contributed by atoms with Crippen molar-refractivity contribution in [3.8, 4) is 5.75 Å². The number of hydrogen-bond donors (Lipinski definition) is 2. The van der Waals surface area contributed by atoms with Gasteiger partial charge < -0.3 is 15.4 Å². The molecule has 1 atom stereocenters. The molecule has 3 rings (SSSR count). The van der Waals surface area contributed by atoms with E-state index in [2.05, 4.69) is 25.6 Å². The summed E-state index contributed by atoms with van der Waals surface area (Å²) in [5, 5.41) is 6.18. The maximum absolute atomic E-state index is 5.84. The molecule has 0 aliphatic carbocycles. The van der Waals surface area contributed by atoms with Gasteiger partial charge in [-0.1, -0.05) is 18.2 Å². The van der Waals surface area contributed by atoms with Crippen molar-refractivity contribution in [1.82, 2.24) is 15.0 Å². The number of ether oxygens (including phenoxy) is 1. The molecule has 7 heteroatoms. The van der Waals surface area contributed by atoms with E-state index in [4.69, 9.17) is 16.3 Å². The molecule has 0 amide bonds. The molecule has 0 spiro atoms. The number of aromatic nitrogens is 3. The predicted molar refractivity (Wildman–Crippen MR) is 72.7 cm³/mol. The highest BCUT2D eigenvalue weighted by Gasteiger charge is 2.24. The summed E-state index contributed by atoms with van der Waals surface area (Å²) in [4.78, 5) is 12.2. The van der Waals surface area contributed by atoms with Crippen LogP contribution in [0.5, 0.6) is 5.75 Å². The Hall–Kier alpha value is -2.08. The smallest absolute Gasteiger partial charge is 0.229 e. The van der Waals surface area contributed by atoms with Gasteiger partial charge in [0, 0.05) is 12.6 Å². The molecule has 0 saturated carbocycles. The summed E-state index contributed by atoms with van der Waals surface area (Å²) < 4.78 is 5.59. The summed E-state index contributed by atoms with van der Waals surface area (Å²) in [6, 6.07) is 7.89. The molecule has 0 radical (unpaired) electrons. The highest BCUT2D eigenvalue weighted by molar-refractivity contribution is 6.28. The number of benzene rings is 1. The quantitative estimate of drug-likeness (QED) is 0.895. The molecule has 0 bridgehead atoms. The van der Waals surface area contributed by atoms with Crippen LogP contribution >= 0.6 is 11.6 Å². The highest BCUT2D eigenvalue weighted by Crippen LogP contribution is 2.33. The van der Waals surface area contributed by atoms with E-state index in [0.29, 0.717) is 18.5 Å². The zero-order valence-corrected chi connectivity index (χ0v) is 11.0. The summed E-state index contributed by atoms with van der Waals surface area (Å²) in [6.45, 7) is 0.539. The van der Waals surface area contributed by atoms with Crippen molar-refractivity contribution in [3.63, 3.8) is 0 Å². The lowest BCUT2D eigenvalue weighted by molar-refractivity contribution is 0.339. The van der Waals surface area contributed by atoms with Crippen LogP contribution in [0.25, 0.3) is 0 Å². The molecular weight excluding hydrogens is 266 g/mol. The van der Waals surface area contributed by atoms with Gasteiger partial charge in [0.25, 0.3) is 0 Å². The first-order chi connectivity index (χ1) is 9.26. The summed E-state index contributed by atoms with van der Waals surface area (Å²) in [5.74, 6) is 1.73.